The number of amides is 2. The summed E-state index contributed by atoms with van der Waals surface area (Å²) >= 11 is 0. The van der Waals surface area contributed by atoms with Crippen LogP contribution in [-0.4, -0.2) is 63.8 Å². The van der Waals surface area contributed by atoms with E-state index in [4.69, 9.17) is 16.2 Å². The maximum absolute atomic E-state index is 13.5. The fourth-order valence-electron chi connectivity index (χ4n) is 4.70. The van der Waals surface area contributed by atoms with Gasteiger partial charge in [0, 0.05) is 19.3 Å². The first-order chi connectivity index (χ1) is 16.2. The molecule has 2 heterocycles. The van der Waals surface area contributed by atoms with E-state index in [9.17, 15) is 14.4 Å². The highest BCUT2D eigenvalue weighted by atomic mass is 16.4. The summed E-state index contributed by atoms with van der Waals surface area (Å²) < 4.78 is 0. The number of likely N-dealkylation sites (tertiary alicyclic amines) is 1. The molecule has 1 aliphatic heterocycles. The number of pyridine rings is 1. The fraction of sp³-hybridized carbons (Fsp3) is 0.542. The minimum atomic E-state index is -1.02. The van der Waals surface area contributed by atoms with Gasteiger partial charge in [0.25, 0.3) is 0 Å². The van der Waals surface area contributed by atoms with Crippen molar-refractivity contribution in [2.24, 2.45) is 11.7 Å². The standard InChI is InChI=1S/C24H34N6O4/c1-15-9-20(23(33)29-12-17-7-8-18(22(25)26)27-11-17)30(14-15)24(34)19(28-13-21(31)32)10-16-5-3-2-4-6-16/h7-8,11,16,19-20,28H,1-6,9-10,12-14H2,(H3,25,26)(H,29,33)(H,31,32)/t19-,20+/m1/s1. The number of carbonyl (C=O) groups excluding carboxylic acids is 2. The lowest BCUT2D eigenvalue weighted by molar-refractivity contribution is -0.141. The molecule has 10 nitrogen and oxygen atoms in total. The minimum absolute atomic E-state index is 0.131. The Morgan fingerprint density at radius 2 is 2.00 bits per heavy atom. The normalized spacial score (nSPS) is 19.6. The molecule has 2 fully saturated rings. The Hall–Kier alpha value is -3.27. The molecule has 2 atom stereocenters. The van der Waals surface area contributed by atoms with Crippen LogP contribution in [0, 0.1) is 11.3 Å². The smallest absolute Gasteiger partial charge is 0.317 e. The molecule has 1 saturated heterocycles. The summed E-state index contributed by atoms with van der Waals surface area (Å²) in [5, 5.41) is 22.3. The Kier molecular flexibility index (Phi) is 8.75. The molecule has 184 valence electrons. The summed E-state index contributed by atoms with van der Waals surface area (Å²) in [6.07, 6.45) is 7.99. The molecule has 1 aromatic heterocycles. The van der Waals surface area contributed by atoms with Gasteiger partial charge >= 0.3 is 5.97 Å². The summed E-state index contributed by atoms with van der Waals surface area (Å²) in [7, 11) is 0. The van der Waals surface area contributed by atoms with Crippen LogP contribution >= 0.6 is 0 Å². The molecule has 34 heavy (non-hydrogen) atoms. The number of hydrogen-bond acceptors (Lipinski definition) is 6. The van der Waals surface area contributed by atoms with Crippen molar-refractivity contribution in [2.75, 3.05) is 13.1 Å². The van der Waals surface area contributed by atoms with Crippen LogP contribution in [0.4, 0.5) is 0 Å². The number of carboxylic acid groups (broad SMARTS) is 1. The van der Waals surface area contributed by atoms with E-state index >= 15 is 0 Å². The van der Waals surface area contributed by atoms with Crippen LogP contribution in [0.2, 0.25) is 0 Å². The van der Waals surface area contributed by atoms with Crippen LogP contribution in [-0.2, 0) is 20.9 Å². The van der Waals surface area contributed by atoms with Crippen molar-refractivity contribution < 1.29 is 19.5 Å². The van der Waals surface area contributed by atoms with Gasteiger partial charge in [-0.25, -0.2) is 0 Å². The Morgan fingerprint density at radius 3 is 2.62 bits per heavy atom. The van der Waals surface area contributed by atoms with Gasteiger partial charge < -0.3 is 21.1 Å². The average molecular weight is 471 g/mol. The number of carbonyl (C=O) groups is 3. The molecule has 2 aliphatic rings. The third kappa shape index (κ3) is 6.86. The Bertz CT molecular complexity index is 926. The molecular weight excluding hydrogens is 436 g/mol. The molecule has 0 radical (unpaired) electrons. The highest BCUT2D eigenvalue weighted by Crippen LogP contribution is 2.29. The van der Waals surface area contributed by atoms with Gasteiger partial charge in [0.05, 0.1) is 12.6 Å². The molecule has 1 saturated carbocycles. The van der Waals surface area contributed by atoms with E-state index in [0.717, 1.165) is 36.8 Å². The van der Waals surface area contributed by atoms with Crippen LogP contribution in [0.25, 0.3) is 0 Å². The van der Waals surface area contributed by atoms with Crippen molar-refractivity contribution in [1.29, 1.82) is 5.41 Å². The second-order valence-electron chi connectivity index (χ2n) is 9.19. The number of amidine groups is 1. The van der Waals surface area contributed by atoms with E-state index in [2.05, 4.69) is 22.2 Å². The number of nitrogens with two attached hydrogens (primary N) is 1. The molecule has 0 bridgehead atoms. The van der Waals surface area contributed by atoms with Crippen LogP contribution in [0.5, 0.6) is 0 Å². The molecule has 10 heteroatoms. The zero-order valence-corrected chi connectivity index (χ0v) is 19.4. The van der Waals surface area contributed by atoms with Gasteiger partial charge in [-0.3, -0.25) is 30.1 Å². The molecule has 0 unspecified atom stereocenters. The summed E-state index contributed by atoms with van der Waals surface area (Å²) in [5.74, 6) is -1.33. The maximum Gasteiger partial charge on any atom is 0.317 e. The monoisotopic (exact) mass is 470 g/mol. The van der Waals surface area contributed by atoms with Crippen molar-refractivity contribution in [3.05, 3.63) is 41.7 Å². The predicted octanol–water partition coefficient (Wildman–Crippen LogP) is 1.15. The quantitative estimate of drug-likeness (QED) is 0.195. The number of nitrogen functional groups attached to an aromatic ring is 1. The largest absolute Gasteiger partial charge is 0.480 e. The van der Waals surface area contributed by atoms with Crippen molar-refractivity contribution in [2.45, 2.75) is 63.6 Å². The molecule has 1 aliphatic carbocycles. The topological polar surface area (TPSA) is 161 Å². The van der Waals surface area contributed by atoms with E-state index in [0.29, 0.717) is 24.5 Å². The molecule has 2 amide bonds. The van der Waals surface area contributed by atoms with Crippen molar-refractivity contribution in [1.82, 2.24) is 20.5 Å². The third-order valence-corrected chi connectivity index (χ3v) is 6.50. The highest BCUT2D eigenvalue weighted by molar-refractivity contribution is 5.93. The SMILES string of the molecule is C=C1C[C@@H](C(=O)NCc2ccc(C(=N)N)nc2)N(C(=O)[C@@H](CC2CCCCC2)NCC(=O)O)C1. The van der Waals surface area contributed by atoms with E-state index < -0.39 is 18.1 Å². The first-order valence-electron chi connectivity index (χ1n) is 11.7. The van der Waals surface area contributed by atoms with Gasteiger partial charge in [0.15, 0.2) is 0 Å². The zero-order valence-electron chi connectivity index (χ0n) is 19.4. The molecule has 6 N–H and O–H groups in total. The maximum atomic E-state index is 13.5. The van der Waals surface area contributed by atoms with E-state index in [-0.39, 0.29) is 37.3 Å². The average Bonchev–Trinajstić information content (AvgIpc) is 3.22. The second-order valence-corrected chi connectivity index (χ2v) is 9.19. The third-order valence-electron chi connectivity index (χ3n) is 6.50. The number of nitrogens with zero attached hydrogens (tertiary/aromatic N) is 2. The van der Waals surface area contributed by atoms with Crippen LogP contribution in [0.1, 0.15) is 56.2 Å². The van der Waals surface area contributed by atoms with Gasteiger partial charge in [-0.05, 0) is 30.4 Å². The first-order valence-corrected chi connectivity index (χ1v) is 11.7. The lowest BCUT2D eigenvalue weighted by Gasteiger charge is -2.31. The lowest BCUT2D eigenvalue weighted by Crippen LogP contribution is -2.53. The van der Waals surface area contributed by atoms with Crippen LogP contribution < -0.4 is 16.4 Å². The van der Waals surface area contributed by atoms with Crippen molar-refractivity contribution in [3.8, 4) is 0 Å². The van der Waals surface area contributed by atoms with Gasteiger partial charge in [-0.15, -0.1) is 0 Å². The lowest BCUT2D eigenvalue weighted by atomic mass is 9.84. The van der Waals surface area contributed by atoms with Gasteiger partial charge in [0.2, 0.25) is 11.8 Å². The zero-order chi connectivity index (χ0) is 24.7. The first kappa shape index (κ1) is 25.4. The van der Waals surface area contributed by atoms with E-state index in [1.807, 2.05) is 0 Å². The van der Waals surface area contributed by atoms with E-state index in [1.165, 1.54) is 11.3 Å². The molecular formula is C24H34N6O4. The van der Waals surface area contributed by atoms with Gasteiger partial charge in [-0.2, -0.15) is 0 Å². The Labute approximate surface area is 199 Å². The van der Waals surface area contributed by atoms with Crippen molar-refractivity contribution in [3.63, 3.8) is 0 Å². The second kappa shape index (κ2) is 11.7. The van der Waals surface area contributed by atoms with Gasteiger partial charge in [0.1, 0.15) is 17.6 Å². The highest BCUT2D eigenvalue weighted by Gasteiger charge is 2.39. The molecule has 3 rings (SSSR count). The summed E-state index contributed by atoms with van der Waals surface area (Å²) in [4.78, 5) is 43.2. The summed E-state index contributed by atoms with van der Waals surface area (Å²) in [6, 6.07) is 2.01. The van der Waals surface area contributed by atoms with Crippen LogP contribution in [0.3, 0.4) is 0 Å². The van der Waals surface area contributed by atoms with Crippen LogP contribution in [0.15, 0.2) is 30.5 Å². The summed E-state index contributed by atoms with van der Waals surface area (Å²) in [5.41, 5.74) is 7.30. The predicted molar refractivity (Wildman–Crippen MR) is 127 cm³/mol. The number of hydrogen-bond donors (Lipinski definition) is 5. The Balaban J connectivity index is 1.65. The van der Waals surface area contributed by atoms with Gasteiger partial charge in [-0.1, -0.05) is 50.3 Å². The fourth-order valence-corrected chi connectivity index (χ4v) is 4.70. The number of aliphatic carboxylic acids is 1. The molecule has 0 spiro atoms. The number of carboxylic acids is 1. The molecule has 0 aromatic carbocycles. The van der Waals surface area contributed by atoms with E-state index in [1.54, 1.807) is 18.3 Å². The number of rotatable bonds is 10. The number of nitrogens with one attached hydrogen (secondary N) is 3. The summed E-state index contributed by atoms with van der Waals surface area (Å²) in [6.45, 7) is 4.17. The Morgan fingerprint density at radius 1 is 1.26 bits per heavy atom. The molecule has 1 aromatic rings. The minimum Gasteiger partial charge on any atom is -0.480 e. The van der Waals surface area contributed by atoms with Crippen molar-refractivity contribution >= 4 is 23.6 Å². The number of aromatic nitrogens is 1.